The van der Waals surface area contributed by atoms with Gasteiger partial charge in [-0.15, -0.1) is 0 Å². The van der Waals surface area contributed by atoms with Crippen molar-refractivity contribution < 1.29 is 9.53 Å². The number of hydrogen-bond donors (Lipinski definition) is 1. The van der Waals surface area contributed by atoms with Gasteiger partial charge in [-0.3, -0.25) is 4.79 Å². The molecule has 0 heterocycles. The van der Waals surface area contributed by atoms with Gasteiger partial charge < -0.3 is 10.1 Å². The van der Waals surface area contributed by atoms with E-state index in [2.05, 4.69) is 27.9 Å². The monoisotopic (exact) mass is 305 g/mol. The minimum absolute atomic E-state index is 0.113. The second kappa shape index (κ2) is 5.98. The van der Waals surface area contributed by atoms with E-state index in [0.717, 1.165) is 9.26 Å². The van der Waals surface area contributed by atoms with Crippen LogP contribution in [0.1, 0.15) is 6.92 Å². The lowest BCUT2D eigenvalue weighted by molar-refractivity contribution is -0.120. The van der Waals surface area contributed by atoms with Gasteiger partial charge in [0.15, 0.2) is 0 Å². The van der Waals surface area contributed by atoms with Gasteiger partial charge in [-0.2, -0.15) is 0 Å². The van der Waals surface area contributed by atoms with Crippen molar-refractivity contribution >= 4 is 34.2 Å². The zero-order valence-corrected chi connectivity index (χ0v) is 10.1. The van der Waals surface area contributed by atoms with Gasteiger partial charge in [0, 0.05) is 15.9 Å². The van der Waals surface area contributed by atoms with Crippen molar-refractivity contribution in [3.8, 4) is 0 Å². The van der Waals surface area contributed by atoms with Gasteiger partial charge in [0.2, 0.25) is 5.91 Å². The van der Waals surface area contributed by atoms with Crippen LogP contribution in [-0.2, 0) is 9.53 Å². The highest BCUT2D eigenvalue weighted by atomic mass is 127. The van der Waals surface area contributed by atoms with Crippen LogP contribution in [0.5, 0.6) is 0 Å². The number of halogens is 1. The lowest BCUT2D eigenvalue weighted by atomic mass is 10.3. The van der Waals surface area contributed by atoms with Crippen LogP contribution in [0, 0.1) is 3.57 Å². The zero-order chi connectivity index (χ0) is 10.4. The van der Waals surface area contributed by atoms with Gasteiger partial charge >= 0.3 is 0 Å². The number of benzene rings is 1. The van der Waals surface area contributed by atoms with Crippen LogP contribution in [0.3, 0.4) is 0 Å². The maximum Gasteiger partial charge on any atom is 0.250 e. The van der Waals surface area contributed by atoms with Gasteiger partial charge in [-0.1, -0.05) is 6.07 Å². The van der Waals surface area contributed by atoms with Gasteiger partial charge in [0.05, 0.1) is 0 Å². The van der Waals surface area contributed by atoms with Crippen molar-refractivity contribution in [1.29, 1.82) is 0 Å². The predicted molar refractivity (Wildman–Crippen MR) is 64.3 cm³/mol. The van der Waals surface area contributed by atoms with E-state index in [1.54, 1.807) is 0 Å². The fourth-order valence-corrected chi connectivity index (χ4v) is 1.50. The number of hydrogen-bond acceptors (Lipinski definition) is 2. The average molecular weight is 305 g/mol. The summed E-state index contributed by atoms with van der Waals surface area (Å²) < 4.78 is 6.08. The van der Waals surface area contributed by atoms with Gasteiger partial charge in [0.1, 0.15) is 6.61 Å². The minimum atomic E-state index is -0.117. The smallest absolute Gasteiger partial charge is 0.250 e. The maximum absolute atomic E-state index is 11.2. The topological polar surface area (TPSA) is 38.3 Å². The molecule has 14 heavy (non-hydrogen) atoms. The third-order valence-electron chi connectivity index (χ3n) is 1.55. The Bertz CT molecular complexity index is 315. The number of nitrogens with one attached hydrogen (secondary N) is 1. The molecule has 1 amide bonds. The molecule has 1 N–H and O–H groups in total. The molecule has 0 saturated heterocycles. The molecule has 1 aromatic carbocycles. The molecule has 3 nitrogen and oxygen atoms in total. The average Bonchev–Trinajstić information content (AvgIpc) is 2.15. The SMILES string of the molecule is CCOCC(=O)Nc1cccc(I)c1. The summed E-state index contributed by atoms with van der Waals surface area (Å²) in [6.07, 6.45) is 0. The number of ether oxygens (including phenoxy) is 1. The summed E-state index contributed by atoms with van der Waals surface area (Å²) in [4.78, 5) is 11.2. The Morgan fingerprint density at radius 2 is 2.36 bits per heavy atom. The van der Waals surface area contributed by atoms with E-state index in [1.807, 2.05) is 31.2 Å². The largest absolute Gasteiger partial charge is 0.372 e. The van der Waals surface area contributed by atoms with Crippen molar-refractivity contribution in [3.63, 3.8) is 0 Å². The van der Waals surface area contributed by atoms with E-state index in [9.17, 15) is 4.79 Å². The van der Waals surface area contributed by atoms with E-state index in [4.69, 9.17) is 4.74 Å². The van der Waals surface area contributed by atoms with Gasteiger partial charge in [-0.05, 0) is 47.7 Å². The van der Waals surface area contributed by atoms with Gasteiger partial charge in [-0.25, -0.2) is 0 Å². The highest BCUT2D eigenvalue weighted by Gasteiger charge is 2.01. The lowest BCUT2D eigenvalue weighted by Crippen LogP contribution is -2.18. The van der Waals surface area contributed by atoms with E-state index >= 15 is 0 Å². The highest BCUT2D eigenvalue weighted by molar-refractivity contribution is 14.1. The molecule has 0 saturated carbocycles. The van der Waals surface area contributed by atoms with Crippen LogP contribution in [-0.4, -0.2) is 19.1 Å². The molecule has 1 rings (SSSR count). The Morgan fingerprint density at radius 3 is 3.00 bits per heavy atom. The standard InChI is InChI=1S/C10H12INO2/c1-2-14-7-10(13)12-9-5-3-4-8(11)6-9/h3-6H,2,7H2,1H3,(H,12,13). The number of carbonyl (C=O) groups excluding carboxylic acids is 1. The first-order valence-corrected chi connectivity index (χ1v) is 5.43. The fraction of sp³-hybridized carbons (Fsp3) is 0.300. The molecule has 0 spiro atoms. The number of rotatable bonds is 4. The summed E-state index contributed by atoms with van der Waals surface area (Å²) in [6, 6.07) is 7.63. The number of anilines is 1. The number of amides is 1. The quantitative estimate of drug-likeness (QED) is 0.867. The summed E-state index contributed by atoms with van der Waals surface area (Å²) in [5.41, 5.74) is 0.807. The van der Waals surface area contributed by atoms with E-state index < -0.39 is 0 Å². The van der Waals surface area contributed by atoms with Crippen molar-refractivity contribution in [1.82, 2.24) is 0 Å². The molecule has 0 aliphatic heterocycles. The third-order valence-corrected chi connectivity index (χ3v) is 2.22. The van der Waals surface area contributed by atoms with Gasteiger partial charge in [0.25, 0.3) is 0 Å². The maximum atomic E-state index is 11.2. The first kappa shape index (κ1) is 11.5. The minimum Gasteiger partial charge on any atom is -0.372 e. The van der Waals surface area contributed by atoms with Crippen LogP contribution in [0.4, 0.5) is 5.69 Å². The summed E-state index contributed by atoms with van der Waals surface area (Å²) in [5, 5.41) is 2.75. The Morgan fingerprint density at radius 1 is 1.57 bits per heavy atom. The van der Waals surface area contributed by atoms with Crippen molar-refractivity contribution in [2.24, 2.45) is 0 Å². The zero-order valence-electron chi connectivity index (χ0n) is 7.92. The molecule has 0 unspecified atom stereocenters. The molecule has 0 bridgehead atoms. The molecular formula is C10H12INO2. The second-order valence-electron chi connectivity index (χ2n) is 2.70. The Labute approximate surface area is 97.0 Å². The van der Waals surface area contributed by atoms with Crippen LogP contribution in [0.25, 0.3) is 0 Å². The number of carbonyl (C=O) groups is 1. The van der Waals surface area contributed by atoms with E-state index in [-0.39, 0.29) is 12.5 Å². The lowest BCUT2D eigenvalue weighted by Gasteiger charge is -2.04. The first-order chi connectivity index (χ1) is 6.72. The fourth-order valence-electron chi connectivity index (χ4n) is 0.958. The van der Waals surface area contributed by atoms with Crippen LogP contribution in [0.2, 0.25) is 0 Å². The third kappa shape index (κ3) is 4.06. The Hall–Kier alpha value is -0.620. The first-order valence-electron chi connectivity index (χ1n) is 4.35. The van der Waals surface area contributed by atoms with Crippen LogP contribution in [0.15, 0.2) is 24.3 Å². The predicted octanol–water partition coefficient (Wildman–Crippen LogP) is 2.27. The van der Waals surface area contributed by atoms with Crippen molar-refractivity contribution in [3.05, 3.63) is 27.8 Å². The summed E-state index contributed by atoms with van der Waals surface area (Å²) >= 11 is 2.20. The van der Waals surface area contributed by atoms with Crippen molar-refractivity contribution in [2.75, 3.05) is 18.5 Å². The molecule has 0 aliphatic carbocycles. The van der Waals surface area contributed by atoms with Crippen LogP contribution < -0.4 is 5.32 Å². The molecule has 0 aliphatic rings. The molecule has 4 heteroatoms. The summed E-state index contributed by atoms with van der Waals surface area (Å²) in [7, 11) is 0. The second-order valence-corrected chi connectivity index (χ2v) is 3.94. The summed E-state index contributed by atoms with van der Waals surface area (Å²) in [5.74, 6) is -0.117. The normalized spacial score (nSPS) is 9.86. The van der Waals surface area contributed by atoms with E-state index in [0.29, 0.717) is 6.61 Å². The molecule has 0 radical (unpaired) electrons. The molecule has 0 aromatic heterocycles. The van der Waals surface area contributed by atoms with Crippen molar-refractivity contribution in [2.45, 2.75) is 6.92 Å². The molecule has 0 atom stereocenters. The molecule has 1 aromatic rings. The van der Waals surface area contributed by atoms with Crippen LogP contribution >= 0.6 is 22.6 Å². The molecule has 0 fully saturated rings. The molecule has 76 valence electrons. The Balaban J connectivity index is 2.47. The highest BCUT2D eigenvalue weighted by Crippen LogP contribution is 2.11. The molecular weight excluding hydrogens is 293 g/mol. The Kier molecular flexibility index (Phi) is 4.89. The van der Waals surface area contributed by atoms with E-state index in [1.165, 1.54) is 0 Å². The summed E-state index contributed by atoms with van der Waals surface area (Å²) in [6.45, 7) is 2.53.